The smallest absolute Gasteiger partial charge is 0.334 e. The van der Waals surface area contributed by atoms with Crippen molar-refractivity contribution in [3.63, 3.8) is 0 Å². The number of halogens is 4. The number of H-pyrrole nitrogens is 1. The van der Waals surface area contributed by atoms with E-state index in [0.29, 0.717) is 5.69 Å². The maximum atomic E-state index is 12.6. The van der Waals surface area contributed by atoms with Gasteiger partial charge in [-0.2, -0.15) is 18.3 Å². The zero-order valence-corrected chi connectivity index (χ0v) is 16.3. The van der Waals surface area contributed by atoms with Gasteiger partial charge in [-0.15, -0.1) is 0 Å². The lowest BCUT2D eigenvalue weighted by Gasteiger charge is -2.11. The summed E-state index contributed by atoms with van der Waals surface area (Å²) in [5.41, 5.74) is -1.11. The van der Waals surface area contributed by atoms with Crippen molar-refractivity contribution >= 4 is 30.6 Å². The summed E-state index contributed by atoms with van der Waals surface area (Å²) in [6, 6.07) is 1.86. The van der Waals surface area contributed by atoms with Crippen LogP contribution in [-0.4, -0.2) is 26.1 Å². The van der Waals surface area contributed by atoms with E-state index in [2.05, 4.69) is 10.1 Å². The number of nitrogens with one attached hydrogen (secondary N) is 1. The molecular weight excluding hydrogens is 393 g/mol. The summed E-state index contributed by atoms with van der Waals surface area (Å²) < 4.78 is 40.2. The first-order chi connectivity index (χ1) is 12.1. The lowest BCUT2D eigenvalue weighted by atomic mass is 10.3. The highest BCUT2D eigenvalue weighted by molar-refractivity contribution is 7.71. The normalized spacial score (nSPS) is 10.7. The number of nitrogens with zero attached hydrogens (tertiary/aromatic N) is 3. The molecule has 11 heteroatoms. The summed E-state index contributed by atoms with van der Waals surface area (Å²) >= 11 is 10.8. The summed E-state index contributed by atoms with van der Waals surface area (Å²) in [5.74, 6) is 0. The van der Waals surface area contributed by atoms with Gasteiger partial charge in [0.1, 0.15) is 11.9 Å². The SMILES string of the molecule is C=O.CC.CC(C)n1c(=O)cc(Cn2nc(C(F)(F)F)cc2Cl)[nH]c1=S. The Labute approximate surface area is 158 Å². The number of aromatic nitrogens is 4. The molecule has 0 atom stereocenters. The molecule has 2 heterocycles. The second kappa shape index (κ2) is 10.3. The van der Waals surface area contributed by atoms with Crippen LogP contribution in [0.1, 0.15) is 45.1 Å². The van der Waals surface area contributed by atoms with Crippen molar-refractivity contribution in [3.8, 4) is 0 Å². The molecule has 0 aromatic carbocycles. The Morgan fingerprint density at radius 3 is 2.23 bits per heavy atom. The first-order valence-corrected chi connectivity index (χ1v) is 8.32. The molecular formula is C15H20ClF3N4O2S. The molecule has 1 N–H and O–H groups in total. The predicted molar refractivity (Wildman–Crippen MR) is 96.1 cm³/mol. The Kier molecular flexibility index (Phi) is 9.50. The van der Waals surface area contributed by atoms with Gasteiger partial charge in [-0.3, -0.25) is 9.36 Å². The minimum absolute atomic E-state index is 0.118. The minimum atomic E-state index is -4.58. The highest BCUT2D eigenvalue weighted by Crippen LogP contribution is 2.29. The number of hydrogen-bond donors (Lipinski definition) is 1. The summed E-state index contributed by atoms with van der Waals surface area (Å²) in [5, 5.41) is 3.21. The van der Waals surface area contributed by atoms with Crippen molar-refractivity contribution in [2.75, 3.05) is 0 Å². The van der Waals surface area contributed by atoms with Crippen molar-refractivity contribution in [1.82, 2.24) is 19.3 Å². The molecule has 0 saturated heterocycles. The van der Waals surface area contributed by atoms with E-state index in [1.165, 1.54) is 10.6 Å². The third kappa shape index (κ3) is 6.10. The number of alkyl halides is 3. The third-order valence-corrected chi connectivity index (χ3v) is 3.48. The maximum absolute atomic E-state index is 12.6. The summed E-state index contributed by atoms with van der Waals surface area (Å²) in [6.07, 6.45) is -4.58. The largest absolute Gasteiger partial charge is 0.435 e. The topological polar surface area (TPSA) is 72.7 Å². The van der Waals surface area contributed by atoms with Gasteiger partial charge < -0.3 is 9.78 Å². The van der Waals surface area contributed by atoms with Crippen LogP contribution in [0.3, 0.4) is 0 Å². The molecule has 0 aliphatic carbocycles. The fourth-order valence-electron chi connectivity index (χ4n) is 1.93. The van der Waals surface area contributed by atoms with Crippen LogP contribution in [0.4, 0.5) is 13.2 Å². The molecule has 2 aromatic rings. The Balaban J connectivity index is 0.00000146. The van der Waals surface area contributed by atoms with E-state index >= 15 is 0 Å². The average Bonchev–Trinajstić information content (AvgIpc) is 2.91. The van der Waals surface area contributed by atoms with E-state index < -0.39 is 11.9 Å². The molecule has 0 saturated carbocycles. The number of aromatic amines is 1. The van der Waals surface area contributed by atoms with Crippen LogP contribution in [0.15, 0.2) is 16.9 Å². The van der Waals surface area contributed by atoms with E-state index in [4.69, 9.17) is 28.6 Å². The minimum Gasteiger partial charge on any atom is -0.334 e. The van der Waals surface area contributed by atoms with E-state index in [-0.39, 0.29) is 28.1 Å². The second-order valence-electron chi connectivity index (χ2n) is 4.91. The van der Waals surface area contributed by atoms with Gasteiger partial charge in [0, 0.05) is 23.9 Å². The Hall–Kier alpha value is -1.94. The van der Waals surface area contributed by atoms with Crippen LogP contribution in [0.5, 0.6) is 0 Å². The third-order valence-electron chi connectivity index (χ3n) is 2.88. The Morgan fingerprint density at radius 2 is 1.85 bits per heavy atom. The lowest BCUT2D eigenvalue weighted by molar-refractivity contribution is -0.141. The molecule has 0 radical (unpaired) electrons. The van der Waals surface area contributed by atoms with E-state index in [9.17, 15) is 18.0 Å². The molecule has 2 aromatic heterocycles. The zero-order chi connectivity index (χ0) is 20.7. The summed E-state index contributed by atoms with van der Waals surface area (Å²) in [7, 11) is 0. The molecule has 0 aliphatic heterocycles. The average molecular weight is 413 g/mol. The van der Waals surface area contributed by atoms with Crippen LogP contribution in [0, 0.1) is 4.77 Å². The van der Waals surface area contributed by atoms with Gasteiger partial charge in [0.25, 0.3) is 5.56 Å². The van der Waals surface area contributed by atoms with Gasteiger partial charge in [-0.1, -0.05) is 25.4 Å². The highest BCUT2D eigenvalue weighted by Gasteiger charge is 2.34. The molecule has 0 spiro atoms. The Morgan fingerprint density at radius 1 is 1.31 bits per heavy atom. The highest BCUT2D eigenvalue weighted by atomic mass is 35.5. The second-order valence-corrected chi connectivity index (χ2v) is 5.68. The van der Waals surface area contributed by atoms with Crippen LogP contribution < -0.4 is 5.56 Å². The van der Waals surface area contributed by atoms with Gasteiger partial charge in [-0.05, 0) is 26.1 Å². The van der Waals surface area contributed by atoms with Gasteiger partial charge in [0.15, 0.2) is 10.5 Å². The van der Waals surface area contributed by atoms with Crippen molar-refractivity contribution in [2.45, 2.75) is 46.5 Å². The van der Waals surface area contributed by atoms with E-state index in [0.717, 1.165) is 10.7 Å². The standard InChI is InChI=1S/C12H12ClF3N4OS.C2H6.CH2O/c1-6(2)20-10(21)3-7(17-11(20)22)5-19-9(13)4-8(18-19)12(14,15)16;2*1-2/h3-4,6H,5H2,1-2H3,(H,17,22);1-2H3;1H2. The van der Waals surface area contributed by atoms with Crippen LogP contribution >= 0.6 is 23.8 Å². The molecule has 0 amide bonds. The maximum Gasteiger partial charge on any atom is 0.435 e. The van der Waals surface area contributed by atoms with Crippen LogP contribution in [0.25, 0.3) is 0 Å². The summed E-state index contributed by atoms with van der Waals surface area (Å²) in [4.78, 5) is 22.8. The molecule has 2 rings (SSSR count). The lowest BCUT2D eigenvalue weighted by Crippen LogP contribution is -2.24. The molecule has 146 valence electrons. The van der Waals surface area contributed by atoms with Crippen molar-refractivity contribution in [3.05, 3.63) is 43.8 Å². The van der Waals surface area contributed by atoms with Crippen LogP contribution in [-0.2, 0) is 17.5 Å². The summed E-state index contributed by atoms with van der Waals surface area (Å²) in [6.45, 7) is 9.47. The number of hydrogen-bond acceptors (Lipinski definition) is 4. The van der Waals surface area contributed by atoms with E-state index in [1.54, 1.807) is 13.8 Å². The Bertz CT molecular complexity index is 796. The van der Waals surface area contributed by atoms with Gasteiger partial charge in [0.05, 0.1) is 6.54 Å². The molecule has 0 fully saturated rings. The number of carbonyl (C=O) groups excluding carboxylic acids is 1. The van der Waals surface area contributed by atoms with Gasteiger partial charge in [-0.25, -0.2) is 4.68 Å². The van der Waals surface area contributed by atoms with Gasteiger partial charge in [0.2, 0.25) is 0 Å². The van der Waals surface area contributed by atoms with E-state index in [1.807, 2.05) is 20.6 Å². The first kappa shape index (κ1) is 24.1. The molecule has 0 bridgehead atoms. The van der Waals surface area contributed by atoms with Crippen LogP contribution in [0.2, 0.25) is 5.15 Å². The molecule has 0 unspecified atom stereocenters. The van der Waals surface area contributed by atoms with Crippen molar-refractivity contribution in [1.29, 1.82) is 0 Å². The predicted octanol–water partition coefficient (Wildman–Crippen LogP) is 4.25. The first-order valence-electron chi connectivity index (χ1n) is 7.53. The molecule has 26 heavy (non-hydrogen) atoms. The van der Waals surface area contributed by atoms with Crippen molar-refractivity contribution in [2.24, 2.45) is 0 Å². The number of carbonyl (C=O) groups is 1. The number of rotatable bonds is 3. The molecule has 6 nitrogen and oxygen atoms in total. The quantitative estimate of drug-likeness (QED) is 0.765. The fourth-order valence-corrected chi connectivity index (χ4v) is 2.56. The van der Waals surface area contributed by atoms with Crippen molar-refractivity contribution < 1.29 is 18.0 Å². The zero-order valence-electron chi connectivity index (χ0n) is 14.7. The molecule has 0 aliphatic rings. The fraction of sp³-hybridized carbons (Fsp3) is 0.467. The van der Waals surface area contributed by atoms with Gasteiger partial charge >= 0.3 is 6.18 Å². The monoisotopic (exact) mass is 412 g/mol.